The SMILES string of the molecule is CCS(=O)(=O)N1CCN(c2nc(C)nc(Nc3cccc(S(=O)O)c3)n2)CC1.COOSN1CCN(C)CC1.Cc1cccc(C)c1/C=c1\ccc2c(c1)Oc1cc(Cc3c(C)cccc3C)ccc1C=2c1ccccc1S(=O)(=O)[O-].Cc1cccc(C)c1/C=c1\ccc2c(c1)Oc1cc(Cc3c(C)cccc3C)ccc1C=2c1ccccc1S(=O)(=O)[O-].O=S(=O)=O. The number of aromatic nitrogens is 3. The van der Waals surface area contributed by atoms with Gasteiger partial charge >= 0.3 is 10.6 Å². The number of anilines is 3. The highest BCUT2D eigenvalue weighted by Gasteiger charge is 2.30. The fourth-order valence-electron chi connectivity index (χ4n) is 15.5. The average Bonchev–Trinajstić information content (AvgIpc) is 0.746. The van der Waals surface area contributed by atoms with Crippen LogP contribution in [0.5, 0.6) is 23.0 Å². The molecule has 0 spiro atoms. The minimum Gasteiger partial charge on any atom is -0.744 e. The van der Waals surface area contributed by atoms with Gasteiger partial charge in [0.05, 0.1) is 27.5 Å². The lowest BCUT2D eigenvalue weighted by molar-refractivity contribution is -0.164. The molecule has 4 aliphatic rings. The van der Waals surface area contributed by atoms with Crippen molar-refractivity contribution >= 4 is 105 Å². The molecule has 0 amide bonds. The largest absolute Gasteiger partial charge is 0.744 e. The predicted octanol–water partition coefficient (Wildman–Crippen LogP) is 13.5. The molecule has 0 radical (unpaired) electrons. The van der Waals surface area contributed by atoms with Crippen LogP contribution in [0.1, 0.15) is 113 Å². The van der Waals surface area contributed by atoms with Crippen LogP contribution in [0.2, 0.25) is 0 Å². The van der Waals surface area contributed by atoms with Gasteiger partial charge < -0.3 is 38.2 Å². The van der Waals surface area contributed by atoms with E-state index in [-0.39, 0.29) is 20.4 Å². The highest BCUT2D eigenvalue weighted by Crippen LogP contribution is 2.42. The summed E-state index contributed by atoms with van der Waals surface area (Å²) < 4.78 is 165. The van der Waals surface area contributed by atoms with Crippen molar-refractivity contribution in [2.45, 2.75) is 96.8 Å². The quantitative estimate of drug-likeness (QED) is 0.0190. The smallest absolute Gasteiger partial charge is 0.425 e. The number of ether oxygens (including phenoxy) is 2. The molecule has 11 aromatic carbocycles. The lowest BCUT2D eigenvalue weighted by atomic mass is 9.90. The van der Waals surface area contributed by atoms with Crippen LogP contribution in [-0.2, 0) is 74.0 Å². The van der Waals surface area contributed by atoms with Crippen molar-refractivity contribution in [3.63, 3.8) is 0 Å². The summed E-state index contributed by atoms with van der Waals surface area (Å²) in [6.07, 6.45) is 5.75. The number of piperazine rings is 2. The minimum absolute atomic E-state index is 0.0869. The molecule has 5 heterocycles. The number of nitrogens with zero attached hydrogens (tertiary/aromatic N) is 7. The highest BCUT2D eigenvalue weighted by molar-refractivity contribution is 7.92. The number of fused-ring (bicyclic) bond motifs is 4. The van der Waals surface area contributed by atoms with Gasteiger partial charge in [-0.25, -0.2) is 38.7 Å². The van der Waals surface area contributed by atoms with E-state index >= 15 is 0 Å². The van der Waals surface area contributed by atoms with Crippen molar-refractivity contribution in [2.24, 2.45) is 0 Å². The Kier molecular flexibility index (Phi) is 31.5. The van der Waals surface area contributed by atoms with Crippen molar-refractivity contribution in [3.05, 3.63) is 345 Å². The molecule has 1 aromatic heterocycles. The van der Waals surface area contributed by atoms with E-state index in [0.717, 1.165) is 93.3 Å². The summed E-state index contributed by atoms with van der Waals surface area (Å²) in [7, 11) is -12.1. The second-order valence-electron chi connectivity index (χ2n) is 31.0. The predicted molar refractivity (Wildman–Crippen MR) is 494 cm³/mol. The third-order valence-corrected chi connectivity index (χ3v) is 27.3. The Hall–Kier alpha value is -11.2. The zero-order valence-corrected chi connectivity index (χ0v) is 77.2. The third kappa shape index (κ3) is 24.2. The van der Waals surface area contributed by atoms with Crippen LogP contribution in [0, 0.1) is 62.3 Å². The highest BCUT2D eigenvalue weighted by atomic mass is 32.2. The molecule has 4 aliphatic heterocycles. The van der Waals surface area contributed by atoms with Crippen molar-refractivity contribution in [2.75, 3.05) is 82.5 Å². The Labute approximate surface area is 750 Å². The van der Waals surface area contributed by atoms with Crippen LogP contribution in [-0.4, -0.2) is 156 Å². The molecule has 12 aromatic rings. The number of aryl methyl sites for hydroxylation is 9. The summed E-state index contributed by atoms with van der Waals surface area (Å²) in [4.78, 5) is 21.5. The monoisotopic (exact) mass is 1830 g/mol. The van der Waals surface area contributed by atoms with Gasteiger partial charge in [0, 0.05) is 102 Å². The summed E-state index contributed by atoms with van der Waals surface area (Å²) in [6.45, 7) is 26.2. The maximum Gasteiger partial charge on any atom is 0.425 e. The van der Waals surface area contributed by atoms with Crippen LogP contribution < -0.4 is 40.6 Å². The van der Waals surface area contributed by atoms with E-state index in [4.69, 9.17) is 26.4 Å². The molecule has 25 nitrogen and oxygen atoms in total. The molecule has 16 rings (SSSR count). The van der Waals surface area contributed by atoms with E-state index in [1.54, 1.807) is 74.5 Å². The molecule has 127 heavy (non-hydrogen) atoms. The fourth-order valence-corrected chi connectivity index (χ4v) is 18.9. The first kappa shape index (κ1) is 94.9. The normalized spacial score (nSPS) is 14.4. The van der Waals surface area contributed by atoms with Gasteiger partial charge in [-0.2, -0.15) is 19.3 Å². The number of rotatable bonds is 19. The summed E-state index contributed by atoms with van der Waals surface area (Å²) in [5.41, 5.74) is 20.8. The number of nitrogens with one attached hydrogen (secondary N) is 1. The molecular weight excluding hydrogens is 1730 g/mol. The fraction of sp³-hybridized carbons (Fsp3) is 0.240. The standard InChI is InChI=1S/2C37H32O4S.C16H22N6O4S2.C6H14N2O2S.O3S/c2*1-23-9-7-10-24(2)32(23)19-27-15-17-29-34(21-27)41-35-22-28(20-33-25(3)11-8-12-26(33)4)16-18-30(35)37(29)31-13-5-6-14-36(31)42(38,39)40;1-3-28(25,26)22-9-7-21(8-10-22)16-18-12(2)17-15(20-16)19-13-5-4-6-14(11-13)27(23)24;1-7-3-5-8(6-4-7)11-10-9-2;1-4(2)3/h2*5-19,21-22H,20H2,1-4H3,(H,38,39,40);4-6,11H,3,7-10H2,1-2H3,(H,23,24)(H,17,18,19,20);3-6H2,1-2H3;/p-2/b2*27-19+;;;. The van der Waals surface area contributed by atoms with E-state index in [1.807, 2.05) is 77.7 Å². The molecule has 662 valence electrons. The van der Waals surface area contributed by atoms with E-state index in [0.29, 0.717) is 94.9 Å². The zero-order chi connectivity index (χ0) is 91.2. The Morgan fingerprint density at radius 3 is 1.32 bits per heavy atom. The third-order valence-electron chi connectivity index (χ3n) is 22.2. The first-order valence-electron chi connectivity index (χ1n) is 40.7. The Bertz CT molecular complexity index is 6540. The molecule has 0 bridgehead atoms. The molecular formula is C96H98N8O17S6-2. The van der Waals surface area contributed by atoms with Gasteiger partial charge in [-0.1, -0.05) is 152 Å². The van der Waals surface area contributed by atoms with E-state index < -0.39 is 51.9 Å². The van der Waals surface area contributed by atoms with Crippen LogP contribution in [0.15, 0.2) is 233 Å². The van der Waals surface area contributed by atoms with Gasteiger partial charge in [-0.05, 0) is 256 Å². The topological polar surface area (TPSA) is 338 Å². The second kappa shape index (κ2) is 42.1. The molecule has 0 aliphatic carbocycles. The first-order chi connectivity index (χ1) is 60.5. The first-order valence-corrected chi connectivity index (χ1v) is 48.0. The minimum atomic E-state index is -4.72. The summed E-state index contributed by atoms with van der Waals surface area (Å²) >= 11 is -0.793. The van der Waals surface area contributed by atoms with E-state index in [9.17, 15) is 43.1 Å². The van der Waals surface area contributed by atoms with Crippen LogP contribution in [0.4, 0.5) is 17.6 Å². The van der Waals surface area contributed by atoms with Crippen LogP contribution in [0.3, 0.4) is 0 Å². The van der Waals surface area contributed by atoms with Crippen LogP contribution >= 0.6 is 12.2 Å². The van der Waals surface area contributed by atoms with Gasteiger partial charge in [0.15, 0.2) is 11.1 Å². The average molecular weight is 1830 g/mol. The van der Waals surface area contributed by atoms with E-state index in [1.165, 1.54) is 91.4 Å². The second-order valence-corrected chi connectivity index (χ2v) is 38.1. The van der Waals surface area contributed by atoms with Crippen LogP contribution in [0.25, 0.3) is 23.3 Å². The van der Waals surface area contributed by atoms with Gasteiger partial charge in [0.1, 0.15) is 61.3 Å². The summed E-state index contributed by atoms with van der Waals surface area (Å²) in [6, 6.07) is 68.3. The Morgan fingerprint density at radius 2 is 0.906 bits per heavy atom. The number of likely N-dealkylation sites (N-methyl/N-ethyl adjacent to an activating group) is 1. The molecule has 31 heteroatoms. The lowest BCUT2D eigenvalue weighted by Crippen LogP contribution is -2.49. The number of hydrogen-bond donors (Lipinski definition) is 2. The number of benzene rings is 11. The summed E-state index contributed by atoms with van der Waals surface area (Å²) in [5, 5.41) is 6.42. The molecule has 1 unspecified atom stereocenters. The summed E-state index contributed by atoms with van der Waals surface area (Å²) in [5.74, 6) is 3.85. The van der Waals surface area contributed by atoms with Gasteiger partial charge in [0.25, 0.3) is 0 Å². The van der Waals surface area contributed by atoms with Gasteiger partial charge in [0.2, 0.25) is 21.9 Å². The molecule has 2 saturated heterocycles. The number of hydrogen-bond acceptors (Lipinski definition) is 24. The Morgan fingerprint density at radius 1 is 0.480 bits per heavy atom. The van der Waals surface area contributed by atoms with E-state index in [2.05, 4.69) is 182 Å². The number of sulfonamides is 1. The van der Waals surface area contributed by atoms with Crippen molar-refractivity contribution < 1.29 is 74.4 Å². The maximum atomic E-state index is 12.4. The van der Waals surface area contributed by atoms with Gasteiger partial charge in [-0.15, -0.1) is 17.0 Å². The van der Waals surface area contributed by atoms with Crippen molar-refractivity contribution in [1.82, 2.24) is 28.5 Å². The Balaban J connectivity index is 0.000000162. The van der Waals surface area contributed by atoms with Gasteiger partial charge in [-0.3, -0.25) is 0 Å². The molecule has 1 atom stereocenters. The zero-order valence-electron chi connectivity index (χ0n) is 72.3. The van der Waals surface area contributed by atoms with Crippen molar-refractivity contribution in [3.8, 4) is 23.0 Å². The lowest BCUT2D eigenvalue weighted by Gasteiger charge is -2.33. The molecule has 2 N–H and O–H groups in total. The van der Waals surface area contributed by atoms with Crippen molar-refractivity contribution in [1.29, 1.82) is 0 Å². The molecule has 2 fully saturated rings. The molecule has 0 saturated carbocycles. The maximum absolute atomic E-state index is 12.4.